The van der Waals surface area contributed by atoms with Crippen LogP contribution < -0.4 is 5.32 Å². The van der Waals surface area contributed by atoms with E-state index >= 15 is 0 Å². The molecule has 1 aromatic heterocycles. The minimum atomic E-state index is -0.954. The van der Waals surface area contributed by atoms with E-state index in [-0.39, 0.29) is 12.2 Å². The summed E-state index contributed by atoms with van der Waals surface area (Å²) in [5.41, 5.74) is 1.06. The van der Waals surface area contributed by atoms with Crippen molar-refractivity contribution in [3.8, 4) is 0 Å². The number of aryl methyl sites for hydroxylation is 1. The second kappa shape index (κ2) is 7.17. The summed E-state index contributed by atoms with van der Waals surface area (Å²) < 4.78 is 4.85. The number of fused-ring (bicyclic) bond motifs is 1. The van der Waals surface area contributed by atoms with Gasteiger partial charge in [-0.05, 0) is 29.7 Å². The number of carbonyl (C=O) groups excluding carboxylic acids is 1. The first-order valence-electron chi connectivity index (χ1n) is 7.95. The van der Waals surface area contributed by atoms with Crippen LogP contribution in [0.15, 0.2) is 53.1 Å². The Balaban J connectivity index is 1.68. The highest BCUT2D eigenvalue weighted by Crippen LogP contribution is 2.18. The lowest BCUT2D eigenvalue weighted by atomic mass is 9.97. The molecule has 6 heteroatoms. The van der Waals surface area contributed by atoms with Crippen molar-refractivity contribution in [3.63, 3.8) is 0 Å². The zero-order chi connectivity index (χ0) is 17.8. The number of aliphatic carboxylic acids is 1. The Hall–Kier alpha value is -3.15. The van der Waals surface area contributed by atoms with E-state index in [9.17, 15) is 14.7 Å². The van der Waals surface area contributed by atoms with E-state index in [0.29, 0.717) is 12.2 Å². The van der Waals surface area contributed by atoms with Gasteiger partial charge in [-0.25, -0.2) is 0 Å². The third-order valence-corrected chi connectivity index (χ3v) is 4.01. The number of nitrogens with one attached hydrogen (secondary N) is 1. The molecule has 0 fully saturated rings. The zero-order valence-electron chi connectivity index (χ0n) is 13.7. The molecule has 128 valence electrons. The molecule has 3 aromatic rings. The van der Waals surface area contributed by atoms with Gasteiger partial charge in [-0.3, -0.25) is 9.59 Å². The van der Waals surface area contributed by atoms with Crippen LogP contribution in [0.3, 0.4) is 0 Å². The first kappa shape index (κ1) is 16.7. The second-order valence-electron chi connectivity index (χ2n) is 5.95. The number of amides is 1. The number of rotatable bonds is 6. The molecule has 0 radical (unpaired) electrons. The highest BCUT2D eigenvalue weighted by atomic mass is 16.5. The average Bonchev–Trinajstić information content (AvgIpc) is 3.04. The van der Waals surface area contributed by atoms with Crippen LogP contribution in [-0.4, -0.2) is 28.7 Å². The topological polar surface area (TPSA) is 92.4 Å². The third-order valence-electron chi connectivity index (χ3n) is 4.01. The van der Waals surface area contributed by atoms with E-state index in [4.69, 9.17) is 4.52 Å². The molecule has 1 heterocycles. The van der Waals surface area contributed by atoms with Gasteiger partial charge in [0.25, 0.3) is 5.91 Å². The fourth-order valence-corrected chi connectivity index (χ4v) is 2.68. The number of carbonyl (C=O) groups is 2. The summed E-state index contributed by atoms with van der Waals surface area (Å²) in [5.74, 6) is -1.60. The van der Waals surface area contributed by atoms with Gasteiger partial charge in [-0.15, -0.1) is 0 Å². The number of hydrogen-bond donors (Lipinski definition) is 2. The van der Waals surface area contributed by atoms with Crippen LogP contribution in [0.2, 0.25) is 0 Å². The Kier molecular flexibility index (Phi) is 4.79. The highest BCUT2D eigenvalue weighted by molar-refractivity contribution is 5.92. The summed E-state index contributed by atoms with van der Waals surface area (Å²) in [5, 5.41) is 17.8. The van der Waals surface area contributed by atoms with Crippen LogP contribution in [0.1, 0.15) is 21.8 Å². The summed E-state index contributed by atoms with van der Waals surface area (Å²) in [6.07, 6.45) is 0.332. The maximum Gasteiger partial charge on any atom is 0.308 e. The smallest absolute Gasteiger partial charge is 0.308 e. The van der Waals surface area contributed by atoms with E-state index in [0.717, 1.165) is 16.3 Å². The Morgan fingerprint density at radius 1 is 1.16 bits per heavy atom. The zero-order valence-corrected chi connectivity index (χ0v) is 13.7. The van der Waals surface area contributed by atoms with Gasteiger partial charge in [-0.1, -0.05) is 47.6 Å². The molecule has 1 atom stereocenters. The summed E-state index contributed by atoms with van der Waals surface area (Å²) in [4.78, 5) is 23.5. The van der Waals surface area contributed by atoms with Gasteiger partial charge >= 0.3 is 5.97 Å². The summed E-state index contributed by atoms with van der Waals surface area (Å²) >= 11 is 0. The standard InChI is InChI=1S/C19H18N2O4/c1-12-8-17(21-25-12)18(22)20-11-16(19(23)24)10-13-6-7-14-4-2-3-5-15(14)9-13/h2-9,16H,10-11H2,1H3,(H,20,22)(H,23,24)/t16-/m1/s1. The monoisotopic (exact) mass is 338 g/mol. The highest BCUT2D eigenvalue weighted by Gasteiger charge is 2.20. The molecule has 0 spiro atoms. The number of hydrogen-bond acceptors (Lipinski definition) is 4. The fourth-order valence-electron chi connectivity index (χ4n) is 2.68. The summed E-state index contributed by atoms with van der Waals surface area (Å²) in [6, 6.07) is 15.3. The van der Waals surface area contributed by atoms with Crippen LogP contribution in [0.4, 0.5) is 0 Å². The summed E-state index contributed by atoms with van der Waals surface area (Å²) in [6.45, 7) is 1.70. The van der Waals surface area contributed by atoms with Crippen LogP contribution in [0, 0.1) is 12.8 Å². The van der Waals surface area contributed by atoms with Gasteiger partial charge in [0.15, 0.2) is 5.69 Å². The molecule has 1 amide bonds. The molecule has 0 unspecified atom stereocenters. The molecule has 0 saturated heterocycles. The maximum atomic E-state index is 12.0. The largest absolute Gasteiger partial charge is 0.481 e. The molecule has 6 nitrogen and oxygen atoms in total. The molecule has 2 aromatic carbocycles. The van der Waals surface area contributed by atoms with Gasteiger partial charge in [0.1, 0.15) is 5.76 Å². The first-order valence-corrected chi connectivity index (χ1v) is 7.95. The molecular weight excluding hydrogens is 320 g/mol. The van der Waals surface area contributed by atoms with E-state index in [1.54, 1.807) is 6.92 Å². The van der Waals surface area contributed by atoms with Crippen LogP contribution in [0.25, 0.3) is 10.8 Å². The van der Waals surface area contributed by atoms with E-state index in [2.05, 4.69) is 10.5 Å². The van der Waals surface area contributed by atoms with Crippen molar-refractivity contribution in [3.05, 3.63) is 65.5 Å². The number of benzene rings is 2. The Labute approximate surface area is 144 Å². The minimum absolute atomic E-state index is 0.0207. The number of nitrogens with zero attached hydrogens (tertiary/aromatic N) is 1. The van der Waals surface area contributed by atoms with E-state index < -0.39 is 17.8 Å². The molecule has 0 aliphatic carbocycles. The average molecular weight is 338 g/mol. The van der Waals surface area contributed by atoms with Crippen LogP contribution in [0.5, 0.6) is 0 Å². The predicted octanol–water partition coefficient (Wildman–Crippen LogP) is 2.81. The first-order chi connectivity index (χ1) is 12.0. The van der Waals surface area contributed by atoms with Crippen LogP contribution in [-0.2, 0) is 11.2 Å². The van der Waals surface area contributed by atoms with Crippen molar-refractivity contribution < 1.29 is 19.2 Å². The van der Waals surface area contributed by atoms with Gasteiger partial charge < -0.3 is 14.9 Å². The quantitative estimate of drug-likeness (QED) is 0.721. The fraction of sp³-hybridized carbons (Fsp3) is 0.211. The predicted molar refractivity (Wildman–Crippen MR) is 92.4 cm³/mol. The molecule has 0 aliphatic heterocycles. The lowest BCUT2D eigenvalue weighted by molar-refractivity contribution is -0.141. The molecule has 0 saturated carbocycles. The molecule has 3 rings (SSSR count). The lowest BCUT2D eigenvalue weighted by Gasteiger charge is -2.13. The lowest BCUT2D eigenvalue weighted by Crippen LogP contribution is -2.34. The van der Waals surface area contributed by atoms with Crippen molar-refractivity contribution in [2.24, 2.45) is 5.92 Å². The second-order valence-corrected chi connectivity index (χ2v) is 5.95. The van der Waals surface area contributed by atoms with Crippen molar-refractivity contribution >= 4 is 22.6 Å². The van der Waals surface area contributed by atoms with Gasteiger partial charge in [0.2, 0.25) is 0 Å². The van der Waals surface area contributed by atoms with Crippen molar-refractivity contribution in [1.29, 1.82) is 0 Å². The van der Waals surface area contributed by atoms with Crippen molar-refractivity contribution in [2.45, 2.75) is 13.3 Å². The Morgan fingerprint density at radius 2 is 1.92 bits per heavy atom. The summed E-state index contributed by atoms with van der Waals surface area (Å²) in [7, 11) is 0. The van der Waals surface area contributed by atoms with Gasteiger partial charge in [0.05, 0.1) is 5.92 Å². The molecule has 0 bridgehead atoms. The Morgan fingerprint density at radius 3 is 2.60 bits per heavy atom. The Bertz CT molecular complexity index is 916. The van der Waals surface area contributed by atoms with Gasteiger partial charge in [-0.2, -0.15) is 0 Å². The number of carboxylic acids is 1. The molecular formula is C19H18N2O4. The van der Waals surface area contributed by atoms with Gasteiger partial charge in [0, 0.05) is 12.6 Å². The van der Waals surface area contributed by atoms with Crippen molar-refractivity contribution in [1.82, 2.24) is 10.5 Å². The molecule has 25 heavy (non-hydrogen) atoms. The SMILES string of the molecule is Cc1cc(C(=O)NC[C@@H](Cc2ccc3ccccc3c2)C(=O)O)no1. The van der Waals surface area contributed by atoms with Crippen molar-refractivity contribution in [2.75, 3.05) is 6.54 Å². The van der Waals surface area contributed by atoms with E-state index in [1.807, 2.05) is 42.5 Å². The number of carboxylic acid groups (broad SMARTS) is 1. The normalized spacial score (nSPS) is 12.0. The number of aromatic nitrogens is 1. The molecule has 0 aliphatic rings. The minimum Gasteiger partial charge on any atom is -0.481 e. The third kappa shape index (κ3) is 4.03. The van der Waals surface area contributed by atoms with Crippen LogP contribution >= 0.6 is 0 Å². The van der Waals surface area contributed by atoms with E-state index in [1.165, 1.54) is 6.07 Å². The molecule has 2 N–H and O–H groups in total. The maximum absolute atomic E-state index is 12.0.